The summed E-state index contributed by atoms with van der Waals surface area (Å²) in [4.78, 5) is 28.6. The molecule has 2 N–H and O–H groups in total. The van der Waals surface area contributed by atoms with Crippen molar-refractivity contribution in [3.05, 3.63) is 35.4 Å². The number of nitrogens with one attached hydrogen (secondary N) is 1. The van der Waals surface area contributed by atoms with Crippen molar-refractivity contribution in [2.45, 2.75) is 31.8 Å². The Labute approximate surface area is 149 Å². The van der Waals surface area contributed by atoms with Crippen LogP contribution in [0.1, 0.15) is 30.5 Å². The Hall–Kier alpha value is -1.92. The molecule has 1 amide bonds. The second-order valence-corrected chi connectivity index (χ2v) is 7.40. The average molecular weight is 347 g/mol. The van der Waals surface area contributed by atoms with Crippen LogP contribution in [0.4, 0.5) is 0 Å². The highest BCUT2D eigenvalue weighted by molar-refractivity contribution is 5.85. The number of aliphatic carboxylic acids is 1. The molecule has 0 unspecified atom stereocenters. The number of carboxylic acids is 1. The van der Waals surface area contributed by atoms with E-state index in [1.165, 1.54) is 0 Å². The minimum atomic E-state index is -1.06. The minimum absolute atomic E-state index is 0.0769. The van der Waals surface area contributed by atoms with Crippen molar-refractivity contribution in [1.82, 2.24) is 15.1 Å². The third-order valence-electron chi connectivity index (χ3n) is 5.36. The van der Waals surface area contributed by atoms with Crippen molar-refractivity contribution in [2.75, 3.05) is 34.2 Å². The fraction of sp³-hybridized carbons (Fsp3) is 0.579. The number of rotatable bonds is 6. The Morgan fingerprint density at radius 3 is 2.56 bits per heavy atom. The molecule has 0 aliphatic carbocycles. The van der Waals surface area contributed by atoms with Gasteiger partial charge < -0.3 is 15.3 Å². The van der Waals surface area contributed by atoms with E-state index in [2.05, 4.69) is 5.32 Å². The van der Waals surface area contributed by atoms with Crippen LogP contribution in [0, 0.1) is 12.8 Å². The van der Waals surface area contributed by atoms with E-state index in [9.17, 15) is 14.7 Å². The molecule has 1 fully saturated rings. The molecule has 0 radical (unpaired) electrons. The highest BCUT2D eigenvalue weighted by Crippen LogP contribution is 2.46. The molecule has 1 aliphatic rings. The SMILES string of the molecule is Cc1ccccc1[C@H]1[C@@H](C(=O)NCCN(C)C)C[C@@](C)(C(=O)O)N1C. The number of likely N-dealkylation sites (tertiary alicyclic amines) is 1. The van der Waals surface area contributed by atoms with Crippen molar-refractivity contribution >= 4 is 11.9 Å². The van der Waals surface area contributed by atoms with Crippen LogP contribution in [0.3, 0.4) is 0 Å². The molecule has 2 rings (SSSR count). The van der Waals surface area contributed by atoms with E-state index in [-0.39, 0.29) is 11.9 Å². The Morgan fingerprint density at radius 2 is 2.00 bits per heavy atom. The van der Waals surface area contributed by atoms with Crippen molar-refractivity contribution in [3.8, 4) is 0 Å². The monoisotopic (exact) mass is 347 g/mol. The van der Waals surface area contributed by atoms with Crippen LogP contribution < -0.4 is 5.32 Å². The van der Waals surface area contributed by atoms with E-state index >= 15 is 0 Å². The highest BCUT2D eigenvalue weighted by Gasteiger charge is 2.54. The van der Waals surface area contributed by atoms with Crippen molar-refractivity contribution < 1.29 is 14.7 Å². The summed E-state index contributed by atoms with van der Waals surface area (Å²) in [5.41, 5.74) is 1.03. The molecule has 1 saturated heterocycles. The first-order chi connectivity index (χ1) is 11.7. The molecule has 3 atom stereocenters. The van der Waals surface area contributed by atoms with Gasteiger partial charge in [0.15, 0.2) is 0 Å². The summed E-state index contributed by atoms with van der Waals surface area (Å²) in [7, 11) is 5.71. The predicted molar refractivity (Wildman–Crippen MR) is 97.4 cm³/mol. The normalized spacial score (nSPS) is 26.8. The molecule has 6 nitrogen and oxygen atoms in total. The first-order valence-electron chi connectivity index (χ1n) is 8.62. The van der Waals surface area contributed by atoms with Crippen LogP contribution in [-0.4, -0.2) is 66.6 Å². The predicted octanol–water partition coefficient (Wildman–Crippen LogP) is 1.51. The maximum absolute atomic E-state index is 12.8. The Bertz CT molecular complexity index is 647. The topological polar surface area (TPSA) is 72.9 Å². The molecule has 0 bridgehead atoms. The number of carboxylic acid groups (broad SMARTS) is 1. The first kappa shape index (κ1) is 19.4. The number of hydrogen-bond acceptors (Lipinski definition) is 4. The molecule has 1 aromatic rings. The number of nitrogens with zero attached hydrogens (tertiary/aromatic N) is 2. The Kier molecular flexibility index (Phi) is 5.85. The summed E-state index contributed by atoms with van der Waals surface area (Å²) in [5, 5.41) is 12.7. The van der Waals surface area contributed by atoms with Gasteiger partial charge in [0.05, 0.1) is 5.92 Å². The van der Waals surface area contributed by atoms with Crippen LogP contribution >= 0.6 is 0 Å². The van der Waals surface area contributed by atoms with Gasteiger partial charge in [-0.3, -0.25) is 14.5 Å². The van der Waals surface area contributed by atoms with Gasteiger partial charge in [-0.2, -0.15) is 0 Å². The number of benzene rings is 1. The first-order valence-corrected chi connectivity index (χ1v) is 8.62. The summed E-state index contributed by atoms with van der Waals surface area (Å²) in [6.45, 7) is 5.00. The molecule has 138 valence electrons. The van der Waals surface area contributed by atoms with Crippen LogP contribution in [0.25, 0.3) is 0 Å². The smallest absolute Gasteiger partial charge is 0.323 e. The lowest BCUT2D eigenvalue weighted by atomic mass is 9.88. The quantitative estimate of drug-likeness (QED) is 0.816. The van der Waals surface area contributed by atoms with Gasteiger partial charge in [0.1, 0.15) is 5.54 Å². The van der Waals surface area contributed by atoms with Crippen molar-refractivity contribution in [2.24, 2.45) is 5.92 Å². The number of carbonyl (C=O) groups is 2. The molecule has 1 heterocycles. The standard InChI is InChI=1S/C19H29N3O3/c1-13-8-6-7-9-14(13)16-15(17(23)20-10-11-21(3)4)12-19(2,18(24)25)22(16)5/h6-9,15-16H,10-12H2,1-5H3,(H,20,23)(H,24,25)/t15-,16-,19-/m0/s1. The summed E-state index contributed by atoms with van der Waals surface area (Å²) < 4.78 is 0. The van der Waals surface area contributed by atoms with Crippen LogP contribution in [0.15, 0.2) is 24.3 Å². The summed E-state index contributed by atoms with van der Waals surface area (Å²) >= 11 is 0. The number of aryl methyl sites for hydroxylation is 1. The Morgan fingerprint density at radius 1 is 1.36 bits per heavy atom. The lowest BCUT2D eigenvalue weighted by Crippen LogP contribution is -2.46. The minimum Gasteiger partial charge on any atom is -0.480 e. The second-order valence-electron chi connectivity index (χ2n) is 7.40. The molecule has 1 aliphatic heterocycles. The lowest BCUT2D eigenvalue weighted by molar-refractivity contribution is -0.148. The molecule has 0 saturated carbocycles. The molecule has 1 aromatic carbocycles. The summed E-state index contributed by atoms with van der Waals surface area (Å²) in [5.74, 6) is -1.36. The maximum Gasteiger partial charge on any atom is 0.323 e. The third-order valence-corrected chi connectivity index (χ3v) is 5.36. The second kappa shape index (κ2) is 7.54. The lowest BCUT2D eigenvalue weighted by Gasteiger charge is -2.32. The van der Waals surface area contributed by atoms with Crippen LogP contribution in [0.2, 0.25) is 0 Å². The van der Waals surface area contributed by atoms with Gasteiger partial charge in [0.25, 0.3) is 0 Å². The Balaban J connectivity index is 2.32. The molecule has 25 heavy (non-hydrogen) atoms. The number of carbonyl (C=O) groups excluding carboxylic acids is 1. The van der Waals surface area contributed by atoms with Gasteiger partial charge in [-0.1, -0.05) is 24.3 Å². The molecular weight excluding hydrogens is 318 g/mol. The van der Waals surface area contributed by atoms with Crippen LogP contribution in [0.5, 0.6) is 0 Å². The van der Waals surface area contributed by atoms with E-state index in [1.807, 2.05) is 55.1 Å². The maximum atomic E-state index is 12.8. The van der Waals surface area contributed by atoms with Gasteiger partial charge in [-0.15, -0.1) is 0 Å². The largest absolute Gasteiger partial charge is 0.480 e. The van der Waals surface area contributed by atoms with Gasteiger partial charge in [0, 0.05) is 19.1 Å². The average Bonchev–Trinajstić information content (AvgIpc) is 2.81. The van der Waals surface area contributed by atoms with Crippen molar-refractivity contribution in [3.63, 3.8) is 0 Å². The van der Waals surface area contributed by atoms with E-state index < -0.39 is 17.4 Å². The fourth-order valence-corrected chi connectivity index (χ4v) is 3.61. The fourth-order valence-electron chi connectivity index (χ4n) is 3.61. The van der Waals surface area contributed by atoms with Crippen LogP contribution in [-0.2, 0) is 9.59 Å². The number of hydrogen-bond donors (Lipinski definition) is 2. The molecular formula is C19H29N3O3. The van der Waals surface area contributed by atoms with E-state index in [0.717, 1.165) is 17.7 Å². The van der Waals surface area contributed by atoms with E-state index in [1.54, 1.807) is 14.0 Å². The van der Waals surface area contributed by atoms with Crippen molar-refractivity contribution in [1.29, 1.82) is 0 Å². The van der Waals surface area contributed by atoms with Gasteiger partial charge in [-0.25, -0.2) is 0 Å². The highest BCUT2D eigenvalue weighted by atomic mass is 16.4. The molecule has 0 aromatic heterocycles. The molecule has 6 heteroatoms. The summed E-state index contributed by atoms with van der Waals surface area (Å²) in [6.07, 6.45) is 0.297. The number of amides is 1. The van der Waals surface area contributed by atoms with Gasteiger partial charge in [-0.05, 0) is 52.5 Å². The van der Waals surface area contributed by atoms with Gasteiger partial charge >= 0.3 is 5.97 Å². The molecule has 0 spiro atoms. The zero-order valence-corrected chi connectivity index (χ0v) is 15.7. The third kappa shape index (κ3) is 3.85. The number of likely N-dealkylation sites (N-methyl/N-ethyl adjacent to an activating group) is 2. The zero-order chi connectivity index (χ0) is 18.8. The van der Waals surface area contributed by atoms with E-state index in [4.69, 9.17) is 0 Å². The zero-order valence-electron chi connectivity index (χ0n) is 15.7. The van der Waals surface area contributed by atoms with Gasteiger partial charge in [0.2, 0.25) is 5.91 Å². The summed E-state index contributed by atoms with van der Waals surface area (Å²) in [6, 6.07) is 7.64. The van der Waals surface area contributed by atoms with E-state index in [0.29, 0.717) is 13.0 Å².